The second kappa shape index (κ2) is 5.92. The molecular weight excluding hydrogens is 244 g/mol. The molecule has 0 aliphatic rings. The minimum atomic E-state index is 0.475. The van der Waals surface area contributed by atoms with E-state index in [9.17, 15) is 0 Å². The molecule has 0 amide bonds. The van der Waals surface area contributed by atoms with Crippen LogP contribution in [0.4, 0.5) is 0 Å². The Morgan fingerprint density at radius 3 is 2.56 bits per heavy atom. The fraction of sp³-hybridized carbons (Fsp3) is 0.250. The molecule has 0 unspecified atom stereocenters. The van der Waals surface area contributed by atoms with E-state index in [0.717, 1.165) is 11.3 Å². The summed E-state index contributed by atoms with van der Waals surface area (Å²) in [4.78, 5) is 0. The van der Waals surface area contributed by atoms with Gasteiger partial charge in [-0.2, -0.15) is 0 Å². The molecule has 0 saturated carbocycles. The topological polar surface area (TPSA) is 9.23 Å². The Balaban J connectivity index is 2.14. The number of para-hydroxylation sites is 1. The Morgan fingerprint density at radius 1 is 1.00 bits per heavy atom. The third-order valence-corrected chi connectivity index (χ3v) is 3.29. The molecule has 18 heavy (non-hydrogen) atoms. The van der Waals surface area contributed by atoms with Crippen molar-refractivity contribution in [2.75, 3.05) is 0 Å². The summed E-state index contributed by atoms with van der Waals surface area (Å²) in [5.74, 6) is 1.34. The van der Waals surface area contributed by atoms with Crippen LogP contribution in [0.15, 0.2) is 42.5 Å². The number of benzene rings is 2. The number of hydrogen-bond acceptors (Lipinski definition) is 1. The van der Waals surface area contributed by atoms with Gasteiger partial charge in [-0.25, -0.2) is 0 Å². The molecule has 1 nitrogen and oxygen atoms in total. The number of aryl methyl sites for hydroxylation is 2. The molecular formula is C16H17ClO. The molecule has 0 atom stereocenters. The number of rotatable bonds is 4. The Hall–Kier alpha value is -1.47. The lowest BCUT2D eigenvalue weighted by Crippen LogP contribution is -2.00. The Bertz CT molecular complexity index is 534. The maximum atomic E-state index is 5.89. The second-order valence-electron chi connectivity index (χ2n) is 4.46. The molecule has 0 heterocycles. The van der Waals surface area contributed by atoms with Crippen LogP contribution in [0.25, 0.3) is 0 Å². The smallest absolute Gasteiger partial charge is 0.124 e. The molecule has 2 rings (SSSR count). The fourth-order valence-corrected chi connectivity index (χ4v) is 2.09. The van der Waals surface area contributed by atoms with Gasteiger partial charge < -0.3 is 4.74 Å². The zero-order valence-electron chi connectivity index (χ0n) is 10.7. The normalized spacial score (nSPS) is 10.4. The van der Waals surface area contributed by atoms with Gasteiger partial charge in [0, 0.05) is 5.56 Å². The van der Waals surface area contributed by atoms with Crippen LogP contribution >= 0.6 is 11.6 Å². The van der Waals surface area contributed by atoms with Crippen LogP contribution < -0.4 is 4.74 Å². The Labute approximate surface area is 113 Å². The van der Waals surface area contributed by atoms with Gasteiger partial charge in [0.2, 0.25) is 0 Å². The van der Waals surface area contributed by atoms with Crippen molar-refractivity contribution in [1.29, 1.82) is 0 Å². The maximum absolute atomic E-state index is 5.89. The minimum Gasteiger partial charge on any atom is -0.489 e. The first-order chi connectivity index (χ1) is 8.70. The zero-order valence-corrected chi connectivity index (χ0v) is 11.5. The van der Waals surface area contributed by atoms with E-state index < -0.39 is 0 Å². The molecule has 0 spiro atoms. The van der Waals surface area contributed by atoms with E-state index >= 15 is 0 Å². The molecule has 94 valence electrons. The standard InChI is InChI=1S/C16H17ClO/c1-12-7-8-13(2)15(9-12)11-18-16-6-4-3-5-14(16)10-17/h3-9H,10-11H2,1-2H3. The molecule has 0 radical (unpaired) electrons. The Kier molecular flexibility index (Phi) is 4.27. The van der Waals surface area contributed by atoms with Crippen molar-refractivity contribution in [3.8, 4) is 5.75 Å². The van der Waals surface area contributed by atoms with Crippen LogP contribution in [0, 0.1) is 13.8 Å². The van der Waals surface area contributed by atoms with Crippen molar-refractivity contribution in [3.63, 3.8) is 0 Å². The second-order valence-corrected chi connectivity index (χ2v) is 4.73. The third-order valence-electron chi connectivity index (χ3n) is 3.00. The van der Waals surface area contributed by atoms with E-state index in [1.165, 1.54) is 16.7 Å². The SMILES string of the molecule is Cc1ccc(C)c(COc2ccccc2CCl)c1. The highest BCUT2D eigenvalue weighted by Gasteiger charge is 2.04. The molecule has 0 N–H and O–H groups in total. The van der Waals surface area contributed by atoms with Gasteiger partial charge >= 0.3 is 0 Å². The first kappa shape index (κ1) is 13.0. The van der Waals surface area contributed by atoms with E-state index in [2.05, 4.69) is 32.0 Å². The van der Waals surface area contributed by atoms with E-state index in [0.29, 0.717) is 12.5 Å². The van der Waals surface area contributed by atoms with Gasteiger partial charge in [-0.1, -0.05) is 42.0 Å². The lowest BCUT2D eigenvalue weighted by molar-refractivity contribution is 0.303. The third kappa shape index (κ3) is 3.05. The molecule has 0 aliphatic heterocycles. The van der Waals surface area contributed by atoms with Crippen LogP contribution in [-0.2, 0) is 12.5 Å². The highest BCUT2D eigenvalue weighted by atomic mass is 35.5. The highest BCUT2D eigenvalue weighted by molar-refractivity contribution is 6.17. The van der Waals surface area contributed by atoms with Crippen LogP contribution in [0.2, 0.25) is 0 Å². The predicted octanol–water partition coefficient (Wildman–Crippen LogP) is 4.62. The van der Waals surface area contributed by atoms with Gasteiger partial charge in [-0.15, -0.1) is 11.6 Å². The molecule has 2 aromatic carbocycles. The number of hydrogen-bond donors (Lipinski definition) is 0. The predicted molar refractivity (Wildman–Crippen MR) is 76.2 cm³/mol. The van der Waals surface area contributed by atoms with Crippen LogP contribution in [-0.4, -0.2) is 0 Å². The number of halogens is 1. The highest BCUT2D eigenvalue weighted by Crippen LogP contribution is 2.22. The lowest BCUT2D eigenvalue weighted by atomic mass is 10.1. The van der Waals surface area contributed by atoms with Crippen LogP contribution in [0.5, 0.6) is 5.75 Å². The van der Waals surface area contributed by atoms with Gasteiger partial charge in [-0.05, 0) is 31.0 Å². The summed E-state index contributed by atoms with van der Waals surface area (Å²) in [7, 11) is 0. The molecule has 0 aromatic heterocycles. The first-order valence-electron chi connectivity index (χ1n) is 6.03. The molecule has 0 aliphatic carbocycles. The summed E-state index contributed by atoms with van der Waals surface area (Å²) in [5.41, 5.74) is 4.76. The van der Waals surface area contributed by atoms with Crippen molar-refractivity contribution in [2.45, 2.75) is 26.3 Å². The van der Waals surface area contributed by atoms with Crippen LogP contribution in [0.1, 0.15) is 22.3 Å². The van der Waals surface area contributed by atoms with Crippen molar-refractivity contribution in [2.24, 2.45) is 0 Å². The van der Waals surface area contributed by atoms with E-state index in [1.54, 1.807) is 0 Å². The summed E-state index contributed by atoms with van der Waals surface area (Å²) in [6.45, 7) is 4.78. The lowest BCUT2D eigenvalue weighted by Gasteiger charge is -2.12. The zero-order chi connectivity index (χ0) is 13.0. The first-order valence-corrected chi connectivity index (χ1v) is 6.57. The summed E-state index contributed by atoms with van der Waals surface area (Å²) in [6.07, 6.45) is 0. The largest absolute Gasteiger partial charge is 0.489 e. The van der Waals surface area contributed by atoms with E-state index in [4.69, 9.17) is 16.3 Å². The van der Waals surface area contributed by atoms with Gasteiger partial charge in [0.15, 0.2) is 0 Å². The fourth-order valence-electron chi connectivity index (χ4n) is 1.87. The molecule has 0 fully saturated rings. The van der Waals surface area contributed by atoms with Crippen molar-refractivity contribution >= 4 is 11.6 Å². The quantitative estimate of drug-likeness (QED) is 0.729. The van der Waals surface area contributed by atoms with Crippen molar-refractivity contribution < 1.29 is 4.74 Å². The molecule has 0 saturated heterocycles. The van der Waals surface area contributed by atoms with Gasteiger partial charge in [0.05, 0.1) is 5.88 Å². The van der Waals surface area contributed by atoms with E-state index in [-0.39, 0.29) is 0 Å². The van der Waals surface area contributed by atoms with Gasteiger partial charge in [-0.3, -0.25) is 0 Å². The summed E-state index contributed by atoms with van der Waals surface area (Å²) in [6, 6.07) is 14.3. The summed E-state index contributed by atoms with van der Waals surface area (Å²) >= 11 is 5.89. The molecule has 0 bridgehead atoms. The van der Waals surface area contributed by atoms with Gasteiger partial charge in [0.1, 0.15) is 12.4 Å². The number of ether oxygens (including phenoxy) is 1. The number of alkyl halides is 1. The maximum Gasteiger partial charge on any atom is 0.124 e. The summed E-state index contributed by atoms with van der Waals surface area (Å²) < 4.78 is 5.87. The summed E-state index contributed by atoms with van der Waals surface area (Å²) in [5, 5.41) is 0. The minimum absolute atomic E-state index is 0.475. The average molecular weight is 261 g/mol. The van der Waals surface area contributed by atoms with E-state index in [1.807, 2.05) is 24.3 Å². The molecule has 2 aromatic rings. The van der Waals surface area contributed by atoms with Crippen LogP contribution in [0.3, 0.4) is 0 Å². The van der Waals surface area contributed by atoms with Crippen molar-refractivity contribution in [3.05, 3.63) is 64.7 Å². The Morgan fingerprint density at radius 2 is 1.78 bits per heavy atom. The molecule has 2 heteroatoms. The van der Waals surface area contributed by atoms with Gasteiger partial charge in [0.25, 0.3) is 0 Å². The van der Waals surface area contributed by atoms with Crippen molar-refractivity contribution in [1.82, 2.24) is 0 Å². The average Bonchev–Trinajstić information content (AvgIpc) is 2.40. The monoisotopic (exact) mass is 260 g/mol.